The highest BCUT2D eigenvalue weighted by atomic mass is 16.6. The first-order chi connectivity index (χ1) is 9.12. The summed E-state index contributed by atoms with van der Waals surface area (Å²) in [5.41, 5.74) is 3.89. The third-order valence-corrected chi connectivity index (χ3v) is 2.53. The Balaban J connectivity index is 3.15. The van der Waals surface area contributed by atoms with Crippen molar-refractivity contribution in [3.63, 3.8) is 0 Å². The van der Waals surface area contributed by atoms with E-state index < -0.39 is 22.3 Å². The molecule has 1 amide bonds. The Labute approximate surface area is 114 Å². The summed E-state index contributed by atoms with van der Waals surface area (Å²) in [6, 6.07) is 3.51. The Kier molecular flexibility index (Phi) is 4.28. The average molecular weight is 281 g/mol. The lowest BCUT2D eigenvalue weighted by atomic mass is 9.99. The van der Waals surface area contributed by atoms with Crippen molar-refractivity contribution >= 4 is 23.3 Å². The van der Waals surface area contributed by atoms with Crippen LogP contribution in [0.15, 0.2) is 18.2 Å². The molecule has 0 bridgehead atoms. The molecule has 0 aliphatic heterocycles. The van der Waals surface area contributed by atoms with Gasteiger partial charge in [-0.15, -0.1) is 0 Å². The number of aromatic carboxylic acids is 1. The second-order valence-electron chi connectivity index (χ2n) is 4.95. The number of hydrogen-bond donors (Lipinski definition) is 3. The summed E-state index contributed by atoms with van der Waals surface area (Å²) in [6.45, 7) is 3.32. The van der Waals surface area contributed by atoms with Gasteiger partial charge in [0.05, 0.1) is 10.5 Å². The van der Waals surface area contributed by atoms with Crippen LogP contribution in [0.4, 0.5) is 11.4 Å². The lowest BCUT2D eigenvalue weighted by Crippen LogP contribution is -2.36. The zero-order valence-corrected chi connectivity index (χ0v) is 11.0. The minimum absolute atomic E-state index is 0.0230. The van der Waals surface area contributed by atoms with E-state index in [0.29, 0.717) is 0 Å². The Bertz CT molecular complexity index is 568. The molecular formula is C12H15N3O5. The third kappa shape index (κ3) is 3.94. The molecule has 1 aromatic rings. The van der Waals surface area contributed by atoms with Crippen LogP contribution >= 0.6 is 0 Å². The highest BCUT2D eigenvalue weighted by Crippen LogP contribution is 2.29. The van der Waals surface area contributed by atoms with Crippen molar-refractivity contribution in [1.29, 1.82) is 0 Å². The summed E-state index contributed by atoms with van der Waals surface area (Å²) in [6.07, 6.45) is -0.0230. The van der Waals surface area contributed by atoms with Gasteiger partial charge in [-0.1, -0.05) is 0 Å². The number of nitrogens with one attached hydrogen (secondary N) is 1. The van der Waals surface area contributed by atoms with Gasteiger partial charge in [0.1, 0.15) is 5.69 Å². The highest BCUT2D eigenvalue weighted by Gasteiger charge is 2.25. The van der Waals surface area contributed by atoms with E-state index in [1.807, 2.05) is 0 Å². The molecule has 0 aliphatic rings. The van der Waals surface area contributed by atoms with Gasteiger partial charge in [-0.25, -0.2) is 4.79 Å². The zero-order chi connectivity index (χ0) is 15.5. The molecule has 1 aromatic carbocycles. The summed E-state index contributed by atoms with van der Waals surface area (Å²) in [7, 11) is 0. The van der Waals surface area contributed by atoms with Crippen LogP contribution in [0.3, 0.4) is 0 Å². The number of primary amides is 1. The van der Waals surface area contributed by atoms with Gasteiger partial charge in [-0.05, 0) is 26.0 Å². The summed E-state index contributed by atoms with van der Waals surface area (Å²) < 4.78 is 0. The number of nitrogens with two attached hydrogens (primary N) is 1. The topological polar surface area (TPSA) is 136 Å². The minimum atomic E-state index is -1.25. The van der Waals surface area contributed by atoms with Crippen LogP contribution in [-0.2, 0) is 4.79 Å². The van der Waals surface area contributed by atoms with E-state index in [2.05, 4.69) is 5.32 Å². The van der Waals surface area contributed by atoms with Gasteiger partial charge in [-0.2, -0.15) is 0 Å². The molecule has 8 nitrogen and oxygen atoms in total. The molecule has 0 heterocycles. The number of benzene rings is 1. The Morgan fingerprint density at radius 1 is 1.45 bits per heavy atom. The lowest BCUT2D eigenvalue weighted by molar-refractivity contribution is -0.384. The van der Waals surface area contributed by atoms with E-state index in [9.17, 15) is 19.7 Å². The first-order valence-corrected chi connectivity index (χ1v) is 5.70. The van der Waals surface area contributed by atoms with Crippen LogP contribution in [0, 0.1) is 10.1 Å². The second kappa shape index (κ2) is 5.55. The van der Waals surface area contributed by atoms with E-state index in [4.69, 9.17) is 10.8 Å². The summed E-state index contributed by atoms with van der Waals surface area (Å²) in [5.74, 6) is -1.80. The van der Waals surface area contributed by atoms with Gasteiger partial charge in [0, 0.05) is 18.0 Å². The number of nitro groups is 1. The first kappa shape index (κ1) is 15.4. The number of hydrogen-bond acceptors (Lipinski definition) is 5. The van der Waals surface area contributed by atoms with Crippen molar-refractivity contribution in [2.75, 3.05) is 5.32 Å². The van der Waals surface area contributed by atoms with E-state index in [1.165, 1.54) is 12.1 Å². The fraction of sp³-hybridized carbons (Fsp3) is 0.333. The molecule has 0 atom stereocenters. The molecule has 0 unspecified atom stereocenters. The van der Waals surface area contributed by atoms with E-state index in [-0.39, 0.29) is 23.4 Å². The molecule has 0 saturated heterocycles. The number of anilines is 1. The van der Waals surface area contributed by atoms with Crippen LogP contribution in [-0.4, -0.2) is 27.4 Å². The Hall–Kier alpha value is -2.64. The second-order valence-corrected chi connectivity index (χ2v) is 4.95. The molecule has 0 aromatic heterocycles. The molecule has 8 heteroatoms. The van der Waals surface area contributed by atoms with Gasteiger partial charge < -0.3 is 16.2 Å². The molecule has 4 N–H and O–H groups in total. The summed E-state index contributed by atoms with van der Waals surface area (Å²) >= 11 is 0. The van der Waals surface area contributed by atoms with Crippen LogP contribution in [0.2, 0.25) is 0 Å². The monoisotopic (exact) mass is 281 g/mol. The quantitative estimate of drug-likeness (QED) is 0.532. The molecule has 108 valence electrons. The molecule has 20 heavy (non-hydrogen) atoms. The largest absolute Gasteiger partial charge is 0.478 e. The first-order valence-electron chi connectivity index (χ1n) is 5.70. The lowest BCUT2D eigenvalue weighted by Gasteiger charge is -2.25. The summed E-state index contributed by atoms with van der Waals surface area (Å²) in [5, 5.41) is 22.6. The molecule has 0 saturated carbocycles. The Morgan fingerprint density at radius 3 is 2.50 bits per heavy atom. The molecule has 0 spiro atoms. The van der Waals surface area contributed by atoms with E-state index in [0.717, 1.165) is 6.07 Å². The van der Waals surface area contributed by atoms with Crippen molar-refractivity contribution < 1.29 is 19.6 Å². The van der Waals surface area contributed by atoms with Gasteiger partial charge in [0.2, 0.25) is 5.91 Å². The van der Waals surface area contributed by atoms with Gasteiger partial charge in [0.15, 0.2) is 0 Å². The van der Waals surface area contributed by atoms with Gasteiger partial charge in [0.25, 0.3) is 5.69 Å². The molecular weight excluding hydrogens is 266 g/mol. The van der Waals surface area contributed by atoms with Crippen molar-refractivity contribution in [1.82, 2.24) is 0 Å². The van der Waals surface area contributed by atoms with Crippen molar-refractivity contribution in [2.45, 2.75) is 25.8 Å². The smallest absolute Gasteiger partial charge is 0.335 e. The van der Waals surface area contributed by atoms with Gasteiger partial charge in [-0.3, -0.25) is 14.9 Å². The van der Waals surface area contributed by atoms with Crippen molar-refractivity contribution in [3.8, 4) is 0 Å². The number of nitrogens with zero attached hydrogens (tertiary/aromatic N) is 1. The summed E-state index contributed by atoms with van der Waals surface area (Å²) in [4.78, 5) is 32.1. The van der Waals surface area contributed by atoms with Crippen LogP contribution in [0.5, 0.6) is 0 Å². The number of carboxylic acids is 1. The average Bonchev–Trinajstić information content (AvgIpc) is 2.26. The number of carboxylic acid groups (broad SMARTS) is 1. The van der Waals surface area contributed by atoms with E-state index >= 15 is 0 Å². The maximum Gasteiger partial charge on any atom is 0.335 e. The molecule has 0 radical (unpaired) electrons. The van der Waals surface area contributed by atoms with Crippen LogP contribution < -0.4 is 11.1 Å². The third-order valence-electron chi connectivity index (χ3n) is 2.53. The fourth-order valence-electron chi connectivity index (χ4n) is 1.77. The molecule has 1 rings (SSSR count). The number of amides is 1. The number of rotatable bonds is 6. The van der Waals surface area contributed by atoms with Crippen molar-refractivity contribution in [3.05, 3.63) is 33.9 Å². The Morgan fingerprint density at radius 2 is 2.05 bits per heavy atom. The van der Waals surface area contributed by atoms with Gasteiger partial charge >= 0.3 is 5.97 Å². The maximum absolute atomic E-state index is 11.0. The highest BCUT2D eigenvalue weighted by molar-refractivity contribution is 5.89. The SMILES string of the molecule is CC(C)(CC(N)=O)Nc1ccc(C(=O)O)cc1[N+](=O)[O-]. The fourth-order valence-corrected chi connectivity index (χ4v) is 1.77. The number of nitro benzene ring substituents is 1. The van der Waals surface area contributed by atoms with Crippen LogP contribution in [0.1, 0.15) is 30.6 Å². The van der Waals surface area contributed by atoms with Crippen molar-refractivity contribution in [2.24, 2.45) is 5.73 Å². The molecule has 0 fully saturated rings. The minimum Gasteiger partial charge on any atom is -0.478 e. The number of carbonyl (C=O) groups is 2. The number of carbonyl (C=O) groups excluding carboxylic acids is 1. The maximum atomic E-state index is 11.0. The van der Waals surface area contributed by atoms with Crippen LogP contribution in [0.25, 0.3) is 0 Å². The van der Waals surface area contributed by atoms with E-state index in [1.54, 1.807) is 13.8 Å². The predicted molar refractivity (Wildman–Crippen MR) is 71.6 cm³/mol. The molecule has 0 aliphatic carbocycles. The predicted octanol–water partition coefficient (Wildman–Crippen LogP) is 1.36. The standard InChI is InChI=1S/C12H15N3O5/c1-12(2,6-10(13)16)14-8-4-3-7(11(17)18)5-9(8)15(19)20/h3-5,14H,6H2,1-2H3,(H2,13,16)(H,17,18). The zero-order valence-electron chi connectivity index (χ0n) is 11.0. The normalized spacial score (nSPS) is 10.9.